The van der Waals surface area contributed by atoms with E-state index in [1.165, 1.54) is 22.8 Å². The number of aromatic nitrogens is 1. The molecular formula is C24H26N2O. The number of methoxy groups -OCH3 is 1. The van der Waals surface area contributed by atoms with Crippen LogP contribution in [0.5, 0.6) is 5.75 Å². The summed E-state index contributed by atoms with van der Waals surface area (Å²) in [5, 5.41) is 2.46. The fourth-order valence-electron chi connectivity index (χ4n) is 3.92. The van der Waals surface area contributed by atoms with Gasteiger partial charge in [0.2, 0.25) is 0 Å². The summed E-state index contributed by atoms with van der Waals surface area (Å²) in [4.78, 5) is 7.03. The number of hydrogen-bond donors (Lipinski definition) is 0. The van der Waals surface area contributed by atoms with Gasteiger partial charge in [0.15, 0.2) is 0 Å². The van der Waals surface area contributed by atoms with Crippen LogP contribution in [0.3, 0.4) is 0 Å². The van der Waals surface area contributed by atoms with Crippen LogP contribution in [0, 0.1) is 5.92 Å². The number of anilines is 1. The molecule has 1 saturated heterocycles. The zero-order valence-electron chi connectivity index (χ0n) is 16.0. The molecule has 0 radical (unpaired) electrons. The van der Waals surface area contributed by atoms with Gasteiger partial charge in [0, 0.05) is 18.8 Å². The number of benzene rings is 2. The molecule has 3 nitrogen and oxygen atoms in total. The second-order valence-corrected chi connectivity index (χ2v) is 7.38. The quantitative estimate of drug-likeness (QED) is 0.610. The SMILES string of the molecule is COc1ccc2cccc(/C=C/C3CCC(C)CN3c3ccccn3)c2c1. The van der Waals surface area contributed by atoms with Gasteiger partial charge in [0.25, 0.3) is 0 Å². The predicted molar refractivity (Wildman–Crippen MR) is 113 cm³/mol. The van der Waals surface area contributed by atoms with Gasteiger partial charge in [-0.05, 0) is 59.4 Å². The first-order valence-corrected chi connectivity index (χ1v) is 9.67. The van der Waals surface area contributed by atoms with Crippen molar-refractivity contribution in [3.8, 4) is 5.75 Å². The Hall–Kier alpha value is -2.81. The number of ether oxygens (including phenoxy) is 1. The highest BCUT2D eigenvalue weighted by atomic mass is 16.5. The Kier molecular flexibility index (Phi) is 5.10. The molecule has 2 aromatic carbocycles. The Morgan fingerprint density at radius 3 is 2.81 bits per heavy atom. The standard InChI is InChI=1S/C24H26N2O/c1-18-9-12-21(26(17-18)24-8-3-4-15-25-24)13-10-19-6-5-7-20-11-14-22(27-2)16-23(19)20/h3-8,10-11,13-16,18,21H,9,12,17H2,1-2H3/b13-10+. The number of pyridine rings is 1. The van der Waals surface area contributed by atoms with Gasteiger partial charge in [0.1, 0.15) is 11.6 Å². The van der Waals surface area contributed by atoms with Crippen LogP contribution < -0.4 is 9.64 Å². The van der Waals surface area contributed by atoms with E-state index in [2.05, 4.69) is 71.4 Å². The maximum atomic E-state index is 5.42. The molecular weight excluding hydrogens is 332 g/mol. The number of rotatable bonds is 4. The van der Waals surface area contributed by atoms with E-state index in [9.17, 15) is 0 Å². The summed E-state index contributed by atoms with van der Waals surface area (Å²) in [6.45, 7) is 3.38. The number of nitrogens with zero attached hydrogens (tertiary/aromatic N) is 2. The fraction of sp³-hybridized carbons (Fsp3) is 0.292. The third kappa shape index (κ3) is 3.82. The van der Waals surface area contributed by atoms with Gasteiger partial charge in [-0.25, -0.2) is 4.98 Å². The molecule has 1 fully saturated rings. The lowest BCUT2D eigenvalue weighted by Gasteiger charge is -2.38. The van der Waals surface area contributed by atoms with Crippen molar-refractivity contribution < 1.29 is 4.74 Å². The largest absolute Gasteiger partial charge is 0.497 e. The smallest absolute Gasteiger partial charge is 0.128 e. The molecule has 0 N–H and O–H groups in total. The third-order valence-electron chi connectivity index (χ3n) is 5.43. The van der Waals surface area contributed by atoms with Crippen molar-refractivity contribution in [2.75, 3.05) is 18.6 Å². The maximum absolute atomic E-state index is 5.42. The number of piperidine rings is 1. The Balaban J connectivity index is 1.66. The van der Waals surface area contributed by atoms with Crippen LogP contribution in [-0.2, 0) is 0 Å². The van der Waals surface area contributed by atoms with E-state index < -0.39 is 0 Å². The molecule has 138 valence electrons. The van der Waals surface area contributed by atoms with E-state index in [1.807, 2.05) is 18.3 Å². The summed E-state index contributed by atoms with van der Waals surface area (Å²) in [7, 11) is 1.72. The van der Waals surface area contributed by atoms with Crippen molar-refractivity contribution in [2.24, 2.45) is 5.92 Å². The summed E-state index contributed by atoms with van der Waals surface area (Å²) in [5.74, 6) is 2.65. The molecule has 1 aromatic heterocycles. The van der Waals surface area contributed by atoms with Crippen LogP contribution in [0.1, 0.15) is 25.3 Å². The molecule has 2 atom stereocenters. The van der Waals surface area contributed by atoms with Gasteiger partial charge in [-0.2, -0.15) is 0 Å². The van der Waals surface area contributed by atoms with E-state index in [1.54, 1.807) is 7.11 Å². The van der Waals surface area contributed by atoms with Gasteiger partial charge < -0.3 is 9.64 Å². The summed E-state index contributed by atoms with van der Waals surface area (Å²) < 4.78 is 5.42. The van der Waals surface area contributed by atoms with E-state index in [0.717, 1.165) is 24.5 Å². The minimum absolute atomic E-state index is 0.372. The first kappa shape index (κ1) is 17.6. The second-order valence-electron chi connectivity index (χ2n) is 7.38. The van der Waals surface area contributed by atoms with Crippen molar-refractivity contribution in [1.29, 1.82) is 0 Å². The molecule has 0 spiro atoms. The van der Waals surface area contributed by atoms with E-state index in [4.69, 9.17) is 4.74 Å². The highest BCUT2D eigenvalue weighted by molar-refractivity contribution is 5.91. The first-order valence-electron chi connectivity index (χ1n) is 9.67. The minimum atomic E-state index is 0.372. The summed E-state index contributed by atoms with van der Waals surface area (Å²) in [5.41, 5.74) is 1.23. The molecule has 27 heavy (non-hydrogen) atoms. The van der Waals surface area contributed by atoms with E-state index in [0.29, 0.717) is 12.0 Å². The van der Waals surface area contributed by atoms with Crippen LogP contribution >= 0.6 is 0 Å². The molecule has 0 saturated carbocycles. The Bertz CT molecular complexity index is 936. The zero-order chi connectivity index (χ0) is 18.6. The number of hydrogen-bond acceptors (Lipinski definition) is 3. The molecule has 3 heteroatoms. The lowest BCUT2D eigenvalue weighted by molar-refractivity contribution is 0.407. The van der Waals surface area contributed by atoms with Crippen LogP contribution in [0.15, 0.2) is 66.9 Å². The highest BCUT2D eigenvalue weighted by Crippen LogP contribution is 2.29. The highest BCUT2D eigenvalue weighted by Gasteiger charge is 2.25. The molecule has 1 aliphatic heterocycles. The minimum Gasteiger partial charge on any atom is -0.497 e. The third-order valence-corrected chi connectivity index (χ3v) is 5.43. The van der Waals surface area contributed by atoms with E-state index >= 15 is 0 Å². The summed E-state index contributed by atoms with van der Waals surface area (Å²) in [6, 6.07) is 19.2. The Morgan fingerprint density at radius 1 is 1.07 bits per heavy atom. The molecule has 0 aliphatic carbocycles. The van der Waals surface area contributed by atoms with E-state index in [-0.39, 0.29) is 0 Å². The summed E-state index contributed by atoms with van der Waals surface area (Å²) >= 11 is 0. The average Bonchev–Trinajstić information content (AvgIpc) is 2.73. The zero-order valence-corrected chi connectivity index (χ0v) is 16.0. The van der Waals surface area contributed by atoms with Crippen molar-refractivity contribution in [2.45, 2.75) is 25.8 Å². The predicted octanol–water partition coefficient (Wildman–Crippen LogP) is 5.56. The van der Waals surface area contributed by atoms with Crippen LogP contribution in [0.25, 0.3) is 16.8 Å². The average molecular weight is 358 g/mol. The van der Waals surface area contributed by atoms with Crippen LogP contribution in [-0.4, -0.2) is 24.7 Å². The monoisotopic (exact) mass is 358 g/mol. The summed E-state index contributed by atoms with van der Waals surface area (Å²) in [6.07, 6.45) is 8.89. The lowest BCUT2D eigenvalue weighted by Crippen LogP contribution is -2.42. The molecule has 0 amide bonds. The first-order chi connectivity index (χ1) is 13.2. The van der Waals surface area contributed by atoms with Gasteiger partial charge in [0.05, 0.1) is 7.11 Å². The molecule has 3 aromatic rings. The van der Waals surface area contributed by atoms with Gasteiger partial charge >= 0.3 is 0 Å². The van der Waals surface area contributed by atoms with Crippen molar-refractivity contribution in [3.63, 3.8) is 0 Å². The van der Waals surface area contributed by atoms with Crippen molar-refractivity contribution in [3.05, 3.63) is 72.4 Å². The Morgan fingerprint density at radius 2 is 2.00 bits per heavy atom. The van der Waals surface area contributed by atoms with Crippen molar-refractivity contribution >= 4 is 22.7 Å². The number of fused-ring (bicyclic) bond motifs is 1. The maximum Gasteiger partial charge on any atom is 0.128 e. The topological polar surface area (TPSA) is 25.4 Å². The fourth-order valence-corrected chi connectivity index (χ4v) is 3.92. The van der Waals surface area contributed by atoms with Crippen molar-refractivity contribution in [1.82, 2.24) is 4.98 Å². The van der Waals surface area contributed by atoms with Crippen LogP contribution in [0.4, 0.5) is 5.82 Å². The lowest BCUT2D eigenvalue weighted by atomic mass is 9.93. The molecule has 1 aliphatic rings. The van der Waals surface area contributed by atoms with Gasteiger partial charge in [-0.3, -0.25) is 0 Å². The Labute approximate surface area is 161 Å². The normalized spacial score (nSPS) is 20.3. The van der Waals surface area contributed by atoms with Gasteiger partial charge in [-0.15, -0.1) is 0 Å². The molecule has 2 heterocycles. The van der Waals surface area contributed by atoms with Crippen LogP contribution in [0.2, 0.25) is 0 Å². The molecule has 4 rings (SSSR count). The molecule has 0 bridgehead atoms. The molecule has 2 unspecified atom stereocenters. The van der Waals surface area contributed by atoms with Gasteiger partial charge in [-0.1, -0.05) is 49.4 Å². The second kappa shape index (κ2) is 7.83.